The standard InChI is InChI=1S/C8H7NO3S/c10-8-7-4-2-1-3-6(7)5-9(8)13(11)12/h1-4,13H,5H2. The van der Waals surface area contributed by atoms with Crippen LogP contribution in [0.3, 0.4) is 0 Å². The first-order valence-electron chi connectivity index (χ1n) is 3.74. The van der Waals surface area contributed by atoms with Crippen molar-refractivity contribution in [2.24, 2.45) is 0 Å². The molecule has 68 valence electrons. The number of fused-ring (bicyclic) bond motifs is 1. The van der Waals surface area contributed by atoms with Crippen molar-refractivity contribution in [2.45, 2.75) is 6.54 Å². The van der Waals surface area contributed by atoms with E-state index in [4.69, 9.17) is 0 Å². The van der Waals surface area contributed by atoms with Crippen LogP contribution < -0.4 is 0 Å². The average molecular weight is 197 g/mol. The summed E-state index contributed by atoms with van der Waals surface area (Å²) in [7, 11) is -2.80. The predicted molar refractivity (Wildman–Crippen MR) is 46.6 cm³/mol. The molecule has 1 aromatic rings. The highest BCUT2D eigenvalue weighted by Gasteiger charge is 2.28. The van der Waals surface area contributed by atoms with Gasteiger partial charge in [0, 0.05) is 5.56 Å². The van der Waals surface area contributed by atoms with Crippen molar-refractivity contribution in [1.82, 2.24) is 4.31 Å². The maximum absolute atomic E-state index is 11.4. The minimum absolute atomic E-state index is 0.174. The lowest BCUT2D eigenvalue weighted by atomic mass is 10.1. The van der Waals surface area contributed by atoms with Gasteiger partial charge in [0.05, 0.1) is 6.54 Å². The highest BCUT2D eigenvalue weighted by Crippen LogP contribution is 2.21. The SMILES string of the molecule is O=C1c2ccccc2CN1[SH](=O)=O. The van der Waals surface area contributed by atoms with E-state index in [1.807, 2.05) is 0 Å². The van der Waals surface area contributed by atoms with Gasteiger partial charge in [-0.1, -0.05) is 18.2 Å². The lowest BCUT2D eigenvalue weighted by molar-refractivity contribution is 0.0883. The van der Waals surface area contributed by atoms with E-state index in [0.717, 1.165) is 9.87 Å². The molecule has 0 saturated heterocycles. The van der Waals surface area contributed by atoms with E-state index in [-0.39, 0.29) is 6.54 Å². The zero-order valence-electron chi connectivity index (χ0n) is 6.64. The molecule has 0 saturated carbocycles. The summed E-state index contributed by atoms with van der Waals surface area (Å²) in [4.78, 5) is 11.4. The lowest BCUT2D eigenvalue weighted by Gasteiger charge is -2.03. The van der Waals surface area contributed by atoms with E-state index >= 15 is 0 Å². The molecule has 2 rings (SSSR count). The minimum atomic E-state index is -2.80. The number of benzene rings is 1. The van der Waals surface area contributed by atoms with Crippen LogP contribution in [0.25, 0.3) is 0 Å². The number of amides is 1. The zero-order valence-corrected chi connectivity index (χ0v) is 7.53. The quantitative estimate of drug-likeness (QED) is 0.653. The number of hydrogen-bond donors (Lipinski definition) is 1. The number of rotatable bonds is 1. The first-order valence-corrected chi connectivity index (χ1v) is 4.87. The first-order chi connectivity index (χ1) is 6.20. The molecule has 1 aromatic carbocycles. The van der Waals surface area contributed by atoms with Gasteiger partial charge in [0.1, 0.15) is 0 Å². The monoisotopic (exact) mass is 197 g/mol. The molecule has 13 heavy (non-hydrogen) atoms. The number of nitrogens with zero attached hydrogens (tertiary/aromatic N) is 1. The van der Waals surface area contributed by atoms with Crippen molar-refractivity contribution in [1.29, 1.82) is 0 Å². The van der Waals surface area contributed by atoms with Crippen LogP contribution in [0.4, 0.5) is 0 Å². The molecule has 0 atom stereocenters. The minimum Gasteiger partial charge on any atom is -0.268 e. The third-order valence-electron chi connectivity index (χ3n) is 2.00. The Morgan fingerprint density at radius 1 is 1.23 bits per heavy atom. The maximum atomic E-state index is 11.4. The third-order valence-corrected chi connectivity index (χ3v) is 2.72. The Balaban J connectivity index is 2.49. The molecule has 0 unspecified atom stereocenters. The van der Waals surface area contributed by atoms with Gasteiger partial charge in [0.25, 0.3) is 5.91 Å². The first kappa shape index (κ1) is 8.25. The topological polar surface area (TPSA) is 54.5 Å². The fourth-order valence-electron chi connectivity index (χ4n) is 1.37. The van der Waals surface area contributed by atoms with Crippen molar-refractivity contribution in [3.05, 3.63) is 35.4 Å². The molecular formula is C8H7NO3S. The fraction of sp³-hybridized carbons (Fsp3) is 0.125. The van der Waals surface area contributed by atoms with Crippen LogP contribution in [0.2, 0.25) is 0 Å². The van der Waals surface area contributed by atoms with Crippen molar-refractivity contribution in [2.75, 3.05) is 0 Å². The molecule has 1 aliphatic heterocycles. The Labute approximate surface area is 76.9 Å². The van der Waals surface area contributed by atoms with Crippen LogP contribution >= 0.6 is 0 Å². The molecule has 0 bridgehead atoms. The van der Waals surface area contributed by atoms with Crippen LogP contribution in [0.1, 0.15) is 15.9 Å². The van der Waals surface area contributed by atoms with E-state index in [9.17, 15) is 13.2 Å². The second kappa shape index (κ2) is 2.85. The summed E-state index contributed by atoms with van der Waals surface area (Å²) in [6, 6.07) is 6.90. The van der Waals surface area contributed by atoms with Crippen LogP contribution in [-0.2, 0) is 17.4 Å². The molecule has 0 aliphatic carbocycles. The van der Waals surface area contributed by atoms with Gasteiger partial charge in [0.15, 0.2) is 0 Å². The van der Waals surface area contributed by atoms with Crippen LogP contribution in [0.15, 0.2) is 24.3 Å². The molecule has 0 radical (unpaired) electrons. The van der Waals surface area contributed by atoms with E-state index in [0.29, 0.717) is 5.56 Å². The Morgan fingerprint density at radius 2 is 1.92 bits per heavy atom. The number of carbonyl (C=O) groups is 1. The summed E-state index contributed by atoms with van der Waals surface area (Å²) in [5.74, 6) is -0.424. The van der Waals surface area contributed by atoms with E-state index in [1.54, 1.807) is 24.3 Å². The van der Waals surface area contributed by atoms with E-state index in [2.05, 4.69) is 0 Å². The number of hydrogen-bond acceptors (Lipinski definition) is 3. The zero-order chi connectivity index (χ0) is 9.42. The fourth-order valence-corrected chi connectivity index (χ4v) is 1.89. The highest BCUT2D eigenvalue weighted by atomic mass is 32.2. The van der Waals surface area contributed by atoms with Gasteiger partial charge in [-0.2, -0.15) is 0 Å². The molecule has 5 heteroatoms. The molecule has 0 N–H and O–H groups in total. The summed E-state index contributed by atoms with van der Waals surface area (Å²) in [6.45, 7) is 0.174. The molecule has 0 fully saturated rings. The molecule has 4 nitrogen and oxygen atoms in total. The van der Waals surface area contributed by atoms with Crippen molar-refractivity contribution >= 4 is 16.8 Å². The summed E-state index contributed by atoms with van der Waals surface area (Å²) in [6.07, 6.45) is 0. The van der Waals surface area contributed by atoms with Crippen LogP contribution in [0, 0.1) is 0 Å². The summed E-state index contributed by atoms with van der Waals surface area (Å²) in [5.41, 5.74) is 1.26. The normalized spacial score (nSPS) is 15.2. The summed E-state index contributed by atoms with van der Waals surface area (Å²) in [5, 5.41) is 0. The maximum Gasteiger partial charge on any atom is 0.267 e. The van der Waals surface area contributed by atoms with Gasteiger partial charge in [-0.15, -0.1) is 0 Å². The van der Waals surface area contributed by atoms with Gasteiger partial charge >= 0.3 is 0 Å². The molecule has 1 aliphatic rings. The van der Waals surface area contributed by atoms with E-state index < -0.39 is 16.8 Å². The Morgan fingerprint density at radius 3 is 2.54 bits per heavy atom. The Bertz CT molecular complexity index is 431. The number of thiol groups is 1. The predicted octanol–water partition coefficient (Wildman–Crippen LogP) is 0.169. The molecule has 0 aromatic heterocycles. The van der Waals surface area contributed by atoms with E-state index in [1.165, 1.54) is 0 Å². The van der Waals surface area contributed by atoms with Gasteiger partial charge < -0.3 is 0 Å². The largest absolute Gasteiger partial charge is 0.268 e. The van der Waals surface area contributed by atoms with Crippen LogP contribution in [-0.4, -0.2) is 18.6 Å². The van der Waals surface area contributed by atoms with Gasteiger partial charge in [-0.3, -0.25) is 4.79 Å². The molecule has 1 amide bonds. The molecule has 0 spiro atoms. The summed E-state index contributed by atoms with van der Waals surface area (Å²) >= 11 is 0. The Kier molecular flexibility index (Phi) is 1.81. The molecule has 1 heterocycles. The van der Waals surface area contributed by atoms with Crippen LogP contribution in [0.5, 0.6) is 0 Å². The van der Waals surface area contributed by atoms with Gasteiger partial charge in [0.2, 0.25) is 10.9 Å². The Hall–Kier alpha value is -1.36. The highest BCUT2D eigenvalue weighted by molar-refractivity contribution is 7.70. The van der Waals surface area contributed by atoms with Crippen molar-refractivity contribution < 1.29 is 13.2 Å². The van der Waals surface area contributed by atoms with Crippen molar-refractivity contribution in [3.8, 4) is 0 Å². The second-order valence-corrected chi connectivity index (χ2v) is 3.72. The third kappa shape index (κ3) is 1.21. The van der Waals surface area contributed by atoms with Gasteiger partial charge in [-0.25, -0.2) is 12.7 Å². The smallest absolute Gasteiger partial charge is 0.267 e. The summed E-state index contributed by atoms with van der Waals surface area (Å²) < 4.78 is 22.1. The lowest BCUT2D eigenvalue weighted by Crippen LogP contribution is -2.21. The molecular weight excluding hydrogens is 190 g/mol. The average Bonchev–Trinajstić information content (AvgIpc) is 2.45. The number of carbonyl (C=O) groups excluding carboxylic acids is 1. The second-order valence-electron chi connectivity index (χ2n) is 2.76. The van der Waals surface area contributed by atoms with Crippen molar-refractivity contribution in [3.63, 3.8) is 0 Å². The van der Waals surface area contributed by atoms with Gasteiger partial charge in [-0.05, 0) is 11.6 Å².